The van der Waals surface area contributed by atoms with Crippen molar-refractivity contribution >= 4 is 23.2 Å². The van der Waals surface area contributed by atoms with Crippen molar-refractivity contribution in [2.24, 2.45) is 0 Å². The first-order valence-corrected chi connectivity index (χ1v) is 6.54. The van der Waals surface area contributed by atoms with Gasteiger partial charge in [0.1, 0.15) is 4.88 Å². The summed E-state index contributed by atoms with van der Waals surface area (Å²) in [4.78, 5) is 29.7. The normalized spacial score (nSPS) is 15.5. The van der Waals surface area contributed by atoms with Crippen LogP contribution in [0.2, 0.25) is 0 Å². The molecular formula is C11H15N3O3S. The lowest BCUT2D eigenvalue weighted by Crippen LogP contribution is -2.45. The third kappa shape index (κ3) is 3.27. The van der Waals surface area contributed by atoms with E-state index >= 15 is 0 Å². The molecule has 0 unspecified atom stereocenters. The third-order valence-corrected chi connectivity index (χ3v) is 3.52. The second-order valence-electron chi connectivity index (χ2n) is 3.92. The summed E-state index contributed by atoms with van der Waals surface area (Å²) < 4.78 is 5.16. The molecule has 98 valence electrons. The first-order valence-electron chi connectivity index (χ1n) is 5.73. The molecule has 2 rings (SSSR count). The lowest BCUT2D eigenvalue weighted by molar-refractivity contribution is -0.134. The Morgan fingerprint density at radius 1 is 1.50 bits per heavy atom. The smallest absolute Gasteiger partial charge is 0.263 e. The Balaban J connectivity index is 1.80. The molecule has 0 saturated carbocycles. The van der Waals surface area contributed by atoms with Crippen LogP contribution in [0.15, 0.2) is 6.20 Å². The van der Waals surface area contributed by atoms with Crippen molar-refractivity contribution in [3.8, 4) is 0 Å². The zero-order valence-corrected chi connectivity index (χ0v) is 11.0. The van der Waals surface area contributed by atoms with Gasteiger partial charge >= 0.3 is 0 Å². The van der Waals surface area contributed by atoms with Gasteiger partial charge in [-0.2, -0.15) is 0 Å². The Labute approximate surface area is 109 Å². The molecule has 2 heterocycles. The van der Waals surface area contributed by atoms with Crippen LogP contribution in [-0.2, 0) is 9.53 Å². The number of hydrogen-bond acceptors (Lipinski definition) is 5. The van der Waals surface area contributed by atoms with E-state index < -0.39 is 0 Å². The molecule has 1 fully saturated rings. The highest BCUT2D eigenvalue weighted by molar-refractivity contribution is 7.13. The van der Waals surface area contributed by atoms with Gasteiger partial charge < -0.3 is 15.0 Å². The molecule has 0 atom stereocenters. The number of aryl methyl sites for hydroxylation is 1. The maximum Gasteiger partial charge on any atom is 0.263 e. The number of ether oxygens (including phenoxy) is 1. The van der Waals surface area contributed by atoms with Crippen LogP contribution in [0.3, 0.4) is 0 Å². The van der Waals surface area contributed by atoms with Gasteiger partial charge in [0.05, 0.1) is 31.0 Å². The summed E-state index contributed by atoms with van der Waals surface area (Å²) in [5, 5.41) is 3.44. The van der Waals surface area contributed by atoms with E-state index in [1.165, 1.54) is 17.5 Å². The van der Waals surface area contributed by atoms with E-state index in [2.05, 4.69) is 10.3 Å². The van der Waals surface area contributed by atoms with Crippen LogP contribution in [0.25, 0.3) is 0 Å². The molecule has 0 bridgehead atoms. The molecule has 1 aromatic rings. The van der Waals surface area contributed by atoms with Crippen molar-refractivity contribution in [2.75, 3.05) is 32.8 Å². The maximum absolute atomic E-state index is 11.8. The van der Waals surface area contributed by atoms with Crippen molar-refractivity contribution in [1.29, 1.82) is 0 Å². The van der Waals surface area contributed by atoms with Crippen LogP contribution in [0.4, 0.5) is 0 Å². The number of morpholine rings is 1. The molecular weight excluding hydrogens is 254 g/mol. The fourth-order valence-corrected chi connectivity index (χ4v) is 2.33. The number of amides is 2. The quantitative estimate of drug-likeness (QED) is 0.841. The molecule has 1 N–H and O–H groups in total. The standard InChI is InChI=1S/C11H15N3O3S/c1-8-12-6-9(18-8)11(16)13-7-10(15)14-2-4-17-5-3-14/h6H,2-5,7H2,1H3,(H,13,16). The van der Waals surface area contributed by atoms with E-state index in [1.807, 2.05) is 6.92 Å². The maximum atomic E-state index is 11.8. The number of thiazole rings is 1. The van der Waals surface area contributed by atoms with Gasteiger partial charge in [0.25, 0.3) is 5.91 Å². The number of rotatable bonds is 3. The third-order valence-electron chi connectivity index (χ3n) is 2.61. The summed E-state index contributed by atoms with van der Waals surface area (Å²) in [5.74, 6) is -0.324. The van der Waals surface area contributed by atoms with Gasteiger partial charge in [0.15, 0.2) is 0 Å². The second kappa shape index (κ2) is 5.92. The second-order valence-corrected chi connectivity index (χ2v) is 5.15. The van der Waals surface area contributed by atoms with E-state index in [1.54, 1.807) is 4.90 Å². The highest BCUT2D eigenvalue weighted by atomic mass is 32.1. The molecule has 7 heteroatoms. The number of aromatic nitrogens is 1. The molecule has 0 aliphatic carbocycles. The van der Waals surface area contributed by atoms with Crippen LogP contribution >= 0.6 is 11.3 Å². The molecule has 0 radical (unpaired) electrons. The van der Waals surface area contributed by atoms with E-state index in [4.69, 9.17) is 4.74 Å². The Kier molecular flexibility index (Phi) is 4.27. The summed E-state index contributed by atoms with van der Waals surface area (Å²) in [6.07, 6.45) is 1.52. The minimum Gasteiger partial charge on any atom is -0.378 e. The van der Waals surface area contributed by atoms with Crippen molar-refractivity contribution in [3.05, 3.63) is 16.1 Å². The molecule has 1 aromatic heterocycles. The average Bonchev–Trinajstić information content (AvgIpc) is 2.83. The minimum absolute atomic E-state index is 0.0236. The Morgan fingerprint density at radius 2 is 2.22 bits per heavy atom. The van der Waals surface area contributed by atoms with E-state index in [9.17, 15) is 9.59 Å². The van der Waals surface area contributed by atoms with Crippen molar-refractivity contribution in [2.45, 2.75) is 6.92 Å². The highest BCUT2D eigenvalue weighted by Crippen LogP contribution is 2.10. The minimum atomic E-state index is -0.248. The Hall–Kier alpha value is -1.47. The lowest BCUT2D eigenvalue weighted by Gasteiger charge is -2.26. The Bertz CT molecular complexity index is 440. The van der Waals surface area contributed by atoms with Crippen molar-refractivity contribution < 1.29 is 14.3 Å². The predicted octanol–water partition coefficient (Wildman–Crippen LogP) is 0.0401. The Morgan fingerprint density at radius 3 is 2.83 bits per heavy atom. The lowest BCUT2D eigenvalue weighted by atomic mass is 10.4. The fraction of sp³-hybridized carbons (Fsp3) is 0.545. The largest absolute Gasteiger partial charge is 0.378 e. The van der Waals surface area contributed by atoms with E-state index in [-0.39, 0.29) is 18.4 Å². The molecule has 0 aromatic carbocycles. The topological polar surface area (TPSA) is 71.5 Å². The van der Waals surface area contributed by atoms with Crippen molar-refractivity contribution in [3.63, 3.8) is 0 Å². The molecule has 18 heavy (non-hydrogen) atoms. The van der Waals surface area contributed by atoms with Crippen LogP contribution in [-0.4, -0.2) is 54.5 Å². The van der Waals surface area contributed by atoms with E-state index in [0.29, 0.717) is 31.2 Å². The van der Waals surface area contributed by atoms with Crippen LogP contribution < -0.4 is 5.32 Å². The summed E-state index contributed by atoms with van der Waals surface area (Å²) >= 11 is 1.32. The zero-order valence-electron chi connectivity index (χ0n) is 10.1. The van der Waals surface area contributed by atoms with Gasteiger partial charge in [0, 0.05) is 13.1 Å². The monoisotopic (exact) mass is 269 g/mol. The number of carbonyl (C=O) groups is 2. The first kappa shape index (κ1) is 13.0. The summed E-state index contributed by atoms with van der Waals surface area (Å²) in [5.41, 5.74) is 0. The SMILES string of the molecule is Cc1ncc(C(=O)NCC(=O)N2CCOCC2)s1. The van der Waals surface area contributed by atoms with Crippen LogP contribution in [0.1, 0.15) is 14.7 Å². The number of hydrogen-bond donors (Lipinski definition) is 1. The molecule has 1 aliphatic heterocycles. The summed E-state index contributed by atoms with van der Waals surface area (Å²) in [6.45, 7) is 4.17. The molecule has 1 aliphatic rings. The van der Waals surface area contributed by atoms with Crippen molar-refractivity contribution in [1.82, 2.24) is 15.2 Å². The highest BCUT2D eigenvalue weighted by Gasteiger charge is 2.18. The molecule has 2 amide bonds. The van der Waals surface area contributed by atoms with Crippen LogP contribution in [0, 0.1) is 6.92 Å². The average molecular weight is 269 g/mol. The van der Waals surface area contributed by atoms with E-state index in [0.717, 1.165) is 5.01 Å². The number of carbonyl (C=O) groups excluding carboxylic acids is 2. The number of nitrogens with one attached hydrogen (secondary N) is 1. The summed E-state index contributed by atoms with van der Waals surface area (Å²) in [6, 6.07) is 0. The predicted molar refractivity (Wildman–Crippen MR) is 66.6 cm³/mol. The van der Waals surface area contributed by atoms with Gasteiger partial charge in [-0.1, -0.05) is 0 Å². The van der Waals surface area contributed by atoms with Gasteiger partial charge in [-0.25, -0.2) is 4.98 Å². The zero-order chi connectivity index (χ0) is 13.0. The van der Waals surface area contributed by atoms with Crippen LogP contribution in [0.5, 0.6) is 0 Å². The van der Waals surface area contributed by atoms with Gasteiger partial charge in [-0.15, -0.1) is 11.3 Å². The first-order chi connectivity index (χ1) is 8.66. The summed E-state index contributed by atoms with van der Waals surface area (Å²) in [7, 11) is 0. The molecule has 6 nitrogen and oxygen atoms in total. The molecule has 1 saturated heterocycles. The van der Waals surface area contributed by atoms with Gasteiger partial charge in [-0.3, -0.25) is 9.59 Å². The number of nitrogens with zero attached hydrogens (tertiary/aromatic N) is 2. The van der Waals surface area contributed by atoms with Gasteiger partial charge in [-0.05, 0) is 6.92 Å². The fourth-order valence-electron chi connectivity index (χ4n) is 1.63. The van der Waals surface area contributed by atoms with Gasteiger partial charge in [0.2, 0.25) is 5.91 Å². The molecule has 0 spiro atoms.